The van der Waals surface area contributed by atoms with Gasteiger partial charge in [0.05, 0.1) is 36.6 Å². The Balaban J connectivity index is 1.35. The lowest BCUT2D eigenvalue weighted by atomic mass is 9.72. The average Bonchev–Trinajstić information content (AvgIpc) is 3.07. The topological polar surface area (TPSA) is 128 Å². The minimum Gasteiger partial charge on any atom is -0.390 e. The Morgan fingerprint density at radius 3 is 2.47 bits per heavy atom. The largest absolute Gasteiger partial charge is 0.390 e. The number of aromatic nitrogens is 2. The highest BCUT2D eigenvalue weighted by atomic mass is 16.3. The van der Waals surface area contributed by atoms with E-state index in [9.17, 15) is 19.5 Å². The lowest BCUT2D eigenvalue weighted by molar-refractivity contribution is -0.132. The molecule has 0 spiro atoms. The molecule has 1 saturated heterocycles. The van der Waals surface area contributed by atoms with Crippen molar-refractivity contribution in [3.8, 4) is 0 Å². The lowest BCUT2D eigenvalue weighted by Crippen LogP contribution is -2.60. The maximum absolute atomic E-state index is 14.0. The summed E-state index contributed by atoms with van der Waals surface area (Å²) in [5.41, 5.74) is 2.74. The molecular weight excluding hydrogens is 616 g/mol. The van der Waals surface area contributed by atoms with Gasteiger partial charge in [0.15, 0.2) is 0 Å². The normalized spacial score (nSPS) is 20.8. The van der Waals surface area contributed by atoms with Crippen molar-refractivity contribution in [3.05, 3.63) is 95.1 Å². The highest BCUT2D eigenvalue weighted by Crippen LogP contribution is 2.39. The second-order valence-corrected chi connectivity index (χ2v) is 15.0. The minimum absolute atomic E-state index is 0.00579. The van der Waals surface area contributed by atoms with Gasteiger partial charge in [-0.2, -0.15) is 0 Å². The average molecular weight is 669 g/mol. The third-order valence-corrected chi connectivity index (χ3v) is 9.90. The van der Waals surface area contributed by atoms with E-state index in [1.54, 1.807) is 48.7 Å². The quantitative estimate of drug-likeness (QED) is 0.274. The van der Waals surface area contributed by atoms with Gasteiger partial charge in [-0.25, -0.2) is 0 Å². The van der Waals surface area contributed by atoms with Crippen LogP contribution in [0.2, 0.25) is 0 Å². The highest BCUT2D eigenvalue weighted by Gasteiger charge is 2.42. The molecule has 2 fully saturated rings. The van der Waals surface area contributed by atoms with Crippen LogP contribution < -0.4 is 10.6 Å². The molecule has 2 aromatic carbocycles. The number of β-amino-alcohol motifs (C(OH)–C–C–N with tert-alkyl or cyclic N) is 1. The third-order valence-electron chi connectivity index (χ3n) is 9.90. The van der Waals surface area contributed by atoms with Gasteiger partial charge < -0.3 is 20.6 Å². The van der Waals surface area contributed by atoms with Crippen molar-refractivity contribution in [3.63, 3.8) is 0 Å². The number of aliphatic hydroxyl groups is 1. The molecule has 3 N–H and O–H groups in total. The van der Waals surface area contributed by atoms with E-state index in [-0.39, 0.29) is 42.4 Å². The summed E-state index contributed by atoms with van der Waals surface area (Å²) in [6.45, 7) is 9.09. The first-order valence-electron chi connectivity index (χ1n) is 17.6. The number of carbonyl (C=O) groups is 3. The van der Waals surface area contributed by atoms with E-state index in [1.807, 2.05) is 58.0 Å². The molecule has 49 heavy (non-hydrogen) atoms. The van der Waals surface area contributed by atoms with Gasteiger partial charge in [-0.05, 0) is 82.1 Å². The molecule has 2 heterocycles. The summed E-state index contributed by atoms with van der Waals surface area (Å²) in [5.74, 6) is 0.392. The number of hydrogen-bond acceptors (Lipinski definition) is 7. The number of fused-ring (bicyclic) bond motifs is 1. The number of rotatable bonds is 11. The first-order valence-corrected chi connectivity index (χ1v) is 17.6. The van der Waals surface area contributed by atoms with Gasteiger partial charge in [-0.15, -0.1) is 0 Å². The molecule has 1 aliphatic carbocycles. The molecule has 1 aliphatic heterocycles. The van der Waals surface area contributed by atoms with E-state index in [1.165, 1.54) is 12.8 Å². The Morgan fingerprint density at radius 1 is 1.04 bits per heavy atom. The molecule has 3 amide bonds. The Kier molecular flexibility index (Phi) is 11.8. The summed E-state index contributed by atoms with van der Waals surface area (Å²) < 4.78 is 0. The Hall–Kier alpha value is -4.15. The number of amides is 3. The molecule has 1 saturated carbocycles. The minimum atomic E-state index is -0.947. The molecule has 2 aliphatic rings. The zero-order valence-corrected chi connectivity index (χ0v) is 29.6. The predicted octanol–water partition coefficient (Wildman–Crippen LogP) is 4.55. The molecule has 262 valence electrons. The predicted molar refractivity (Wildman–Crippen MR) is 190 cm³/mol. The SMILES string of the molecule is Cc1ccc(C(=O)N(C)Cc2cnccn2)cc1C(=O)N[C@@H](Cc1ccccc1)[C@@H](O)CN1C[C@H]2CCCC[C@H]2C[C@H]1C(=O)NC(C)(C)C. The second-order valence-electron chi connectivity index (χ2n) is 15.0. The van der Waals surface area contributed by atoms with E-state index in [0.717, 1.165) is 36.9 Å². The van der Waals surface area contributed by atoms with Gasteiger partial charge >= 0.3 is 0 Å². The van der Waals surface area contributed by atoms with Gasteiger partial charge in [0.25, 0.3) is 11.8 Å². The monoisotopic (exact) mass is 668 g/mol. The van der Waals surface area contributed by atoms with Crippen LogP contribution in [-0.4, -0.2) is 86.5 Å². The smallest absolute Gasteiger partial charge is 0.253 e. The first-order chi connectivity index (χ1) is 23.4. The molecule has 5 atom stereocenters. The summed E-state index contributed by atoms with van der Waals surface area (Å²) >= 11 is 0. The number of hydrogen-bond donors (Lipinski definition) is 3. The van der Waals surface area contributed by atoms with Crippen molar-refractivity contribution in [1.29, 1.82) is 0 Å². The van der Waals surface area contributed by atoms with Crippen molar-refractivity contribution < 1.29 is 19.5 Å². The van der Waals surface area contributed by atoms with E-state index in [4.69, 9.17) is 0 Å². The van der Waals surface area contributed by atoms with Crippen LogP contribution in [0, 0.1) is 18.8 Å². The third kappa shape index (κ3) is 9.73. The molecule has 1 aromatic heterocycles. The molecule has 10 heteroatoms. The summed E-state index contributed by atoms with van der Waals surface area (Å²) in [4.78, 5) is 53.0. The Labute approximate surface area is 290 Å². The first kappa shape index (κ1) is 36.1. The fourth-order valence-electron chi connectivity index (χ4n) is 7.34. The fraction of sp³-hybridized carbons (Fsp3) is 0.513. The van der Waals surface area contributed by atoms with Crippen LogP contribution >= 0.6 is 0 Å². The summed E-state index contributed by atoms with van der Waals surface area (Å²) in [7, 11) is 1.69. The van der Waals surface area contributed by atoms with E-state index in [2.05, 4.69) is 25.5 Å². The zero-order valence-electron chi connectivity index (χ0n) is 29.6. The van der Waals surface area contributed by atoms with Crippen molar-refractivity contribution >= 4 is 17.7 Å². The van der Waals surface area contributed by atoms with Crippen LogP contribution in [-0.2, 0) is 17.8 Å². The maximum atomic E-state index is 14.0. The maximum Gasteiger partial charge on any atom is 0.253 e. The van der Waals surface area contributed by atoms with Gasteiger partial charge in [-0.3, -0.25) is 29.3 Å². The Bertz CT molecular complexity index is 1580. The molecule has 10 nitrogen and oxygen atoms in total. The van der Waals surface area contributed by atoms with Crippen LogP contribution in [0.5, 0.6) is 0 Å². The van der Waals surface area contributed by atoms with Crippen molar-refractivity contribution in [2.45, 2.75) is 96.5 Å². The van der Waals surface area contributed by atoms with Crippen molar-refractivity contribution in [2.24, 2.45) is 11.8 Å². The zero-order chi connectivity index (χ0) is 35.1. The Morgan fingerprint density at radius 2 is 1.78 bits per heavy atom. The van der Waals surface area contributed by atoms with Gasteiger partial charge in [0, 0.05) is 49.2 Å². The number of benzene rings is 2. The molecule has 0 unspecified atom stereocenters. The number of nitrogens with zero attached hydrogens (tertiary/aromatic N) is 4. The number of aryl methyl sites for hydroxylation is 1. The van der Waals surface area contributed by atoms with Crippen LogP contribution in [0.4, 0.5) is 0 Å². The number of aliphatic hydroxyl groups excluding tert-OH is 1. The number of likely N-dealkylation sites (tertiary alicyclic amines) is 1. The second kappa shape index (κ2) is 16.0. The molecule has 0 radical (unpaired) electrons. The lowest BCUT2D eigenvalue weighted by Gasteiger charge is -2.47. The van der Waals surface area contributed by atoms with Crippen LogP contribution in [0.3, 0.4) is 0 Å². The van der Waals surface area contributed by atoms with Crippen molar-refractivity contribution in [2.75, 3.05) is 20.1 Å². The van der Waals surface area contributed by atoms with Crippen molar-refractivity contribution in [1.82, 2.24) is 30.4 Å². The van der Waals surface area contributed by atoms with Gasteiger partial charge in [0.2, 0.25) is 5.91 Å². The van der Waals surface area contributed by atoms with E-state index in [0.29, 0.717) is 35.1 Å². The van der Waals surface area contributed by atoms with E-state index < -0.39 is 12.1 Å². The standard InChI is InChI=1S/C39H52N6O4/c1-26-15-16-29(38(49)44(5)24-31-22-40-17-18-41-31)20-32(26)36(47)42-33(19-27-11-7-6-8-12-27)35(46)25-45-23-30-14-10-9-13-28(30)21-34(45)37(48)43-39(2,3)4/h6-8,11-12,15-18,20,22,28,30,33-35,46H,9-10,13-14,19,21,23-25H2,1-5H3,(H,42,47)(H,43,48)/t28-,30+,33-,34-,35-/m0/s1. The van der Waals surface area contributed by atoms with Crippen LogP contribution in [0.1, 0.15) is 90.4 Å². The van der Waals surface area contributed by atoms with Crippen LogP contribution in [0.15, 0.2) is 67.1 Å². The fourth-order valence-corrected chi connectivity index (χ4v) is 7.34. The summed E-state index contributed by atoms with van der Waals surface area (Å²) in [6.07, 6.45) is 9.70. The van der Waals surface area contributed by atoms with Crippen LogP contribution in [0.25, 0.3) is 0 Å². The molecule has 5 rings (SSSR count). The number of nitrogens with one attached hydrogen (secondary N) is 2. The highest BCUT2D eigenvalue weighted by molar-refractivity contribution is 6.00. The van der Waals surface area contributed by atoms with E-state index >= 15 is 0 Å². The number of piperidine rings is 1. The summed E-state index contributed by atoms with van der Waals surface area (Å²) in [5, 5.41) is 18.2. The number of carbonyl (C=O) groups excluding carboxylic acids is 3. The molecule has 0 bridgehead atoms. The summed E-state index contributed by atoms with van der Waals surface area (Å²) in [6, 6.07) is 13.9. The molecule has 3 aromatic rings. The van der Waals surface area contributed by atoms with Gasteiger partial charge in [0.1, 0.15) is 0 Å². The van der Waals surface area contributed by atoms with Gasteiger partial charge in [-0.1, -0.05) is 55.7 Å². The molecular formula is C39H52N6O4.